The maximum Gasteiger partial charge on any atom is 0.480 e. The normalized spacial score (nSPS) is 30.4. The molecule has 9 heteroatoms. The molecule has 0 aromatic carbocycles. The topological polar surface area (TPSA) is 57.2 Å². The molecule has 102 valence electrons. The molecule has 0 saturated carbocycles. The van der Waals surface area contributed by atoms with E-state index >= 15 is 0 Å². The minimum Gasteiger partial charge on any atom is -0.416 e. The summed E-state index contributed by atoms with van der Waals surface area (Å²) in [6.45, 7) is 13.6. The molecule has 0 aromatic rings. The monoisotopic (exact) mass is 312 g/mol. The van der Waals surface area contributed by atoms with Crippen molar-refractivity contribution in [1.82, 2.24) is 0 Å². The molecular weight excluding hydrogens is 288 g/mol. The Balaban J connectivity index is 3.02. The largest absolute Gasteiger partial charge is 0.480 e. The molecule has 5 nitrogen and oxygen atoms in total. The third-order valence-corrected chi connectivity index (χ3v) is 17.5. The van der Waals surface area contributed by atoms with Crippen LogP contribution in [-0.4, -0.2) is 39.3 Å². The van der Waals surface area contributed by atoms with Crippen molar-refractivity contribution in [3.63, 3.8) is 0 Å². The van der Waals surface area contributed by atoms with Crippen LogP contribution in [-0.2, 0) is 16.5 Å². The molecule has 17 heavy (non-hydrogen) atoms. The molecule has 1 aliphatic heterocycles. The summed E-state index contributed by atoms with van der Waals surface area (Å²) in [5.41, 5.74) is 0. The maximum absolute atomic E-state index is 10.4. The summed E-state index contributed by atoms with van der Waals surface area (Å²) < 4.78 is 23.9. The lowest BCUT2D eigenvalue weighted by Gasteiger charge is -2.45. The summed E-state index contributed by atoms with van der Waals surface area (Å²) in [6.07, 6.45) is 0. The average Bonchev–Trinajstić information content (AvgIpc) is 1.93. The van der Waals surface area contributed by atoms with Crippen LogP contribution in [0.15, 0.2) is 0 Å². The third kappa shape index (κ3) is 4.68. The quantitative estimate of drug-likeness (QED) is 0.752. The zero-order valence-electron chi connectivity index (χ0n) is 11.8. The predicted octanol–water partition coefficient (Wildman–Crippen LogP) is 2.12. The molecule has 0 bridgehead atoms. The SMILES string of the molecule is CC[Si]1(O)O[Si](C)(C)O[Si](C)(C)O[Si](C)(C)O1. The van der Waals surface area contributed by atoms with Crippen molar-refractivity contribution < 1.29 is 21.3 Å². The molecule has 1 saturated heterocycles. The second-order valence-corrected chi connectivity index (χ2v) is 19.5. The van der Waals surface area contributed by atoms with Crippen LogP contribution < -0.4 is 0 Å². The van der Waals surface area contributed by atoms with Crippen molar-refractivity contribution in [1.29, 1.82) is 0 Å². The van der Waals surface area contributed by atoms with E-state index in [0.717, 1.165) is 0 Å². The van der Waals surface area contributed by atoms with Gasteiger partial charge in [-0.05, 0) is 39.3 Å². The molecule has 0 aromatic heterocycles. The molecule has 1 heterocycles. The van der Waals surface area contributed by atoms with Crippen LogP contribution in [0, 0.1) is 0 Å². The minimum absolute atomic E-state index is 0.495. The van der Waals surface area contributed by atoms with Crippen LogP contribution in [0.2, 0.25) is 45.3 Å². The van der Waals surface area contributed by atoms with Crippen molar-refractivity contribution in [3.8, 4) is 0 Å². The van der Waals surface area contributed by atoms with Crippen LogP contribution in [0.5, 0.6) is 0 Å². The van der Waals surface area contributed by atoms with Crippen molar-refractivity contribution in [3.05, 3.63) is 0 Å². The fraction of sp³-hybridized carbons (Fsp3) is 1.00. The van der Waals surface area contributed by atoms with Crippen LogP contribution in [0.4, 0.5) is 0 Å². The molecule has 0 atom stereocenters. The fourth-order valence-electron chi connectivity index (χ4n) is 2.18. The predicted molar refractivity (Wildman–Crippen MR) is 75.2 cm³/mol. The van der Waals surface area contributed by atoms with Gasteiger partial charge in [0.25, 0.3) is 0 Å². The van der Waals surface area contributed by atoms with Gasteiger partial charge in [-0.3, -0.25) is 0 Å². The summed E-state index contributed by atoms with van der Waals surface area (Å²) in [6, 6.07) is 0.495. The Bertz CT molecular complexity index is 272. The smallest absolute Gasteiger partial charge is 0.416 e. The van der Waals surface area contributed by atoms with Gasteiger partial charge in [-0.25, -0.2) is 0 Å². The van der Waals surface area contributed by atoms with Crippen molar-refractivity contribution in [2.75, 3.05) is 0 Å². The highest BCUT2D eigenvalue weighted by atomic mass is 28.5. The molecule has 1 N–H and O–H groups in total. The molecule has 1 fully saturated rings. The van der Waals surface area contributed by atoms with Gasteiger partial charge in [0.15, 0.2) is 0 Å². The third-order valence-electron chi connectivity index (χ3n) is 2.24. The van der Waals surface area contributed by atoms with Crippen molar-refractivity contribution in [2.45, 2.75) is 52.2 Å². The van der Waals surface area contributed by atoms with Crippen LogP contribution >= 0.6 is 0 Å². The molecule has 0 radical (unpaired) electrons. The first-order valence-electron chi connectivity index (χ1n) is 5.92. The Morgan fingerprint density at radius 3 is 1.29 bits per heavy atom. The summed E-state index contributed by atoms with van der Waals surface area (Å²) in [5.74, 6) is 0. The standard InChI is InChI=1S/C8H24O5Si4/c1-8-17(9)12-15(4,5)10-14(2,3)11-16(6,7)13-17/h9H,8H2,1-7H3. The Kier molecular flexibility index (Phi) is 4.30. The second-order valence-electron chi connectivity index (χ2n) is 5.67. The highest BCUT2D eigenvalue weighted by molar-refractivity contribution is 6.91. The van der Waals surface area contributed by atoms with Crippen LogP contribution in [0.25, 0.3) is 0 Å². The molecule has 0 spiro atoms. The summed E-state index contributed by atoms with van der Waals surface area (Å²) in [4.78, 5) is 10.4. The fourth-order valence-corrected chi connectivity index (χ4v) is 21.1. The van der Waals surface area contributed by atoms with E-state index in [-0.39, 0.29) is 0 Å². The van der Waals surface area contributed by atoms with Gasteiger partial charge in [0, 0.05) is 6.04 Å². The zero-order valence-corrected chi connectivity index (χ0v) is 15.8. The highest BCUT2D eigenvalue weighted by Crippen LogP contribution is 2.30. The van der Waals surface area contributed by atoms with Crippen LogP contribution in [0.1, 0.15) is 6.92 Å². The highest BCUT2D eigenvalue weighted by Gasteiger charge is 2.53. The molecule has 1 aliphatic rings. The van der Waals surface area contributed by atoms with E-state index in [0.29, 0.717) is 6.04 Å². The lowest BCUT2D eigenvalue weighted by atomic mass is 11.0. The van der Waals surface area contributed by atoms with Gasteiger partial charge in [-0.15, -0.1) is 0 Å². The lowest BCUT2D eigenvalue weighted by molar-refractivity contribution is 0.172. The molecule has 0 amide bonds. The van der Waals surface area contributed by atoms with Gasteiger partial charge in [-0.2, -0.15) is 0 Å². The van der Waals surface area contributed by atoms with E-state index in [1.54, 1.807) is 0 Å². The van der Waals surface area contributed by atoms with E-state index in [1.165, 1.54) is 0 Å². The van der Waals surface area contributed by atoms with E-state index in [4.69, 9.17) is 16.5 Å². The second kappa shape index (κ2) is 4.65. The van der Waals surface area contributed by atoms with Crippen LogP contribution in [0.3, 0.4) is 0 Å². The Labute approximate surface area is 108 Å². The van der Waals surface area contributed by atoms with Crippen molar-refractivity contribution in [2.24, 2.45) is 0 Å². The lowest BCUT2D eigenvalue weighted by Crippen LogP contribution is -2.65. The molecule has 0 aliphatic carbocycles. The number of hydrogen-bond donors (Lipinski definition) is 1. The Morgan fingerprint density at radius 1 is 0.706 bits per heavy atom. The van der Waals surface area contributed by atoms with Crippen molar-refractivity contribution >= 4 is 34.5 Å². The molecule has 0 unspecified atom stereocenters. The molecule has 1 rings (SSSR count). The Morgan fingerprint density at radius 2 is 1.00 bits per heavy atom. The van der Waals surface area contributed by atoms with Gasteiger partial charge >= 0.3 is 34.5 Å². The van der Waals surface area contributed by atoms with E-state index in [1.807, 2.05) is 46.2 Å². The number of hydrogen-bond acceptors (Lipinski definition) is 5. The minimum atomic E-state index is -3.13. The van der Waals surface area contributed by atoms with Gasteiger partial charge in [0.05, 0.1) is 0 Å². The first kappa shape index (κ1) is 15.7. The average molecular weight is 313 g/mol. The zero-order chi connectivity index (χ0) is 13.5. The first-order chi connectivity index (χ1) is 7.39. The summed E-state index contributed by atoms with van der Waals surface area (Å²) >= 11 is 0. The van der Waals surface area contributed by atoms with Gasteiger partial charge in [0.1, 0.15) is 0 Å². The Hall–Kier alpha value is 0.668. The van der Waals surface area contributed by atoms with Gasteiger partial charge in [-0.1, -0.05) is 6.92 Å². The summed E-state index contributed by atoms with van der Waals surface area (Å²) in [7, 11) is -10.1. The van der Waals surface area contributed by atoms with Gasteiger partial charge in [0.2, 0.25) is 0 Å². The molecular formula is C8H24O5Si4. The van der Waals surface area contributed by atoms with E-state index in [9.17, 15) is 4.80 Å². The summed E-state index contributed by atoms with van der Waals surface area (Å²) in [5, 5.41) is 0. The first-order valence-corrected chi connectivity index (χ1v) is 16.3. The van der Waals surface area contributed by atoms with E-state index < -0.39 is 34.5 Å². The number of rotatable bonds is 1. The maximum atomic E-state index is 10.4. The van der Waals surface area contributed by atoms with E-state index in [2.05, 4.69) is 0 Å². The van der Waals surface area contributed by atoms with Gasteiger partial charge < -0.3 is 21.3 Å².